The number of carbonyl (C=O) groups excluding carboxylic acids is 1. The Labute approximate surface area is 139 Å². The van der Waals surface area contributed by atoms with Crippen molar-refractivity contribution in [3.8, 4) is 0 Å². The number of aryl methyl sites for hydroxylation is 1. The van der Waals surface area contributed by atoms with Crippen LogP contribution in [0.4, 0.5) is 5.69 Å². The first kappa shape index (κ1) is 15.5. The van der Waals surface area contributed by atoms with Crippen LogP contribution in [0.5, 0.6) is 0 Å². The van der Waals surface area contributed by atoms with Crippen molar-refractivity contribution >= 4 is 34.5 Å². The van der Waals surface area contributed by atoms with Crippen LogP contribution in [-0.2, 0) is 11.2 Å². The summed E-state index contributed by atoms with van der Waals surface area (Å²) in [5.41, 5.74) is 3.12. The second kappa shape index (κ2) is 6.41. The summed E-state index contributed by atoms with van der Waals surface area (Å²) in [4.78, 5) is 16.0. The van der Waals surface area contributed by atoms with Gasteiger partial charge in [-0.05, 0) is 55.0 Å². The largest absolute Gasteiger partial charge is 0.325 e. The van der Waals surface area contributed by atoms with Gasteiger partial charge < -0.3 is 5.32 Å². The number of benzene rings is 1. The van der Waals surface area contributed by atoms with Gasteiger partial charge in [0.2, 0.25) is 5.91 Å². The molecule has 1 aliphatic heterocycles. The van der Waals surface area contributed by atoms with Crippen molar-refractivity contribution in [3.05, 3.63) is 50.7 Å². The van der Waals surface area contributed by atoms with E-state index < -0.39 is 0 Å². The number of nitrogens with zero attached hydrogens (tertiary/aromatic N) is 1. The van der Waals surface area contributed by atoms with Crippen LogP contribution in [0, 0.1) is 6.92 Å². The molecule has 1 unspecified atom stereocenters. The van der Waals surface area contributed by atoms with Crippen LogP contribution in [0.25, 0.3) is 0 Å². The van der Waals surface area contributed by atoms with Crippen molar-refractivity contribution in [2.75, 3.05) is 18.4 Å². The monoisotopic (exact) mass is 334 g/mol. The predicted octanol–water partition coefficient (Wildman–Crippen LogP) is 4.27. The summed E-state index contributed by atoms with van der Waals surface area (Å²) in [6, 6.07) is 8.07. The lowest BCUT2D eigenvalue weighted by Gasteiger charge is -2.32. The number of hydrogen-bond acceptors (Lipinski definition) is 3. The van der Waals surface area contributed by atoms with Gasteiger partial charge in [0, 0.05) is 28.2 Å². The van der Waals surface area contributed by atoms with Crippen LogP contribution in [-0.4, -0.2) is 23.9 Å². The Morgan fingerprint density at radius 1 is 1.45 bits per heavy atom. The number of nitrogens with one attached hydrogen (secondary N) is 1. The number of fused-ring (bicyclic) bond motifs is 1. The number of thiophene rings is 1. The van der Waals surface area contributed by atoms with E-state index in [9.17, 15) is 4.79 Å². The van der Waals surface area contributed by atoms with Crippen LogP contribution < -0.4 is 5.32 Å². The molecule has 3 rings (SSSR count). The molecule has 2 aromatic rings. The fraction of sp³-hybridized carbons (Fsp3) is 0.353. The van der Waals surface area contributed by atoms with Crippen LogP contribution in [0.15, 0.2) is 29.6 Å². The van der Waals surface area contributed by atoms with Gasteiger partial charge in [-0.15, -0.1) is 11.3 Å². The summed E-state index contributed by atoms with van der Waals surface area (Å²) in [6.45, 7) is 5.45. The fourth-order valence-electron chi connectivity index (χ4n) is 2.83. The lowest BCUT2D eigenvalue weighted by Crippen LogP contribution is -2.39. The molecule has 3 nitrogen and oxygen atoms in total. The SMILES string of the molecule is Cc1ccc(NC(=O)CN2CCc3sccc3C2C)cc1Cl. The summed E-state index contributed by atoms with van der Waals surface area (Å²) < 4.78 is 0. The maximum absolute atomic E-state index is 12.3. The highest BCUT2D eigenvalue weighted by atomic mass is 35.5. The van der Waals surface area contributed by atoms with Gasteiger partial charge >= 0.3 is 0 Å². The minimum Gasteiger partial charge on any atom is -0.325 e. The highest BCUT2D eigenvalue weighted by Gasteiger charge is 2.26. The van der Waals surface area contributed by atoms with E-state index in [1.807, 2.05) is 30.4 Å². The number of amides is 1. The van der Waals surface area contributed by atoms with Gasteiger partial charge in [0.15, 0.2) is 0 Å². The quantitative estimate of drug-likeness (QED) is 0.909. The van der Waals surface area contributed by atoms with E-state index in [-0.39, 0.29) is 5.91 Å². The molecule has 0 saturated heterocycles. The number of rotatable bonds is 3. The molecule has 0 bridgehead atoms. The molecule has 2 heterocycles. The standard InChI is InChI=1S/C17H19ClN2OS/c1-11-3-4-13(9-15(11)18)19-17(21)10-20-7-5-16-14(12(20)2)6-8-22-16/h3-4,6,8-9,12H,5,7,10H2,1-2H3,(H,19,21). The molecule has 1 atom stereocenters. The molecule has 0 spiro atoms. The van der Waals surface area contributed by atoms with Crippen LogP contribution in [0.1, 0.15) is 29.0 Å². The summed E-state index contributed by atoms with van der Waals surface area (Å²) in [5, 5.41) is 5.74. The van der Waals surface area contributed by atoms with Crippen LogP contribution in [0.3, 0.4) is 0 Å². The highest BCUT2D eigenvalue weighted by Crippen LogP contribution is 2.32. The Morgan fingerprint density at radius 2 is 2.27 bits per heavy atom. The van der Waals surface area contributed by atoms with Gasteiger partial charge in [0.25, 0.3) is 0 Å². The second-order valence-corrected chi connectivity index (χ2v) is 7.12. The van der Waals surface area contributed by atoms with Gasteiger partial charge in [-0.3, -0.25) is 9.69 Å². The van der Waals surface area contributed by atoms with E-state index in [1.54, 1.807) is 6.07 Å². The van der Waals surface area contributed by atoms with E-state index in [1.165, 1.54) is 10.4 Å². The van der Waals surface area contributed by atoms with Gasteiger partial charge in [-0.2, -0.15) is 0 Å². The zero-order chi connectivity index (χ0) is 15.7. The van der Waals surface area contributed by atoms with Gasteiger partial charge in [-0.25, -0.2) is 0 Å². The molecule has 1 aromatic heterocycles. The van der Waals surface area contributed by atoms with Crippen molar-refractivity contribution in [2.45, 2.75) is 26.3 Å². The van der Waals surface area contributed by atoms with E-state index in [0.29, 0.717) is 17.6 Å². The number of anilines is 1. The summed E-state index contributed by atoms with van der Waals surface area (Å²) in [7, 11) is 0. The Kier molecular flexibility index (Phi) is 4.52. The average molecular weight is 335 g/mol. The van der Waals surface area contributed by atoms with E-state index in [0.717, 1.165) is 24.2 Å². The lowest BCUT2D eigenvalue weighted by atomic mass is 10.0. The highest BCUT2D eigenvalue weighted by molar-refractivity contribution is 7.10. The first-order valence-electron chi connectivity index (χ1n) is 7.41. The van der Waals surface area contributed by atoms with Crippen molar-refractivity contribution in [2.24, 2.45) is 0 Å². The Morgan fingerprint density at radius 3 is 3.05 bits per heavy atom. The molecular formula is C17H19ClN2OS. The van der Waals surface area contributed by atoms with Gasteiger partial charge in [-0.1, -0.05) is 17.7 Å². The van der Waals surface area contributed by atoms with E-state index in [2.05, 4.69) is 28.6 Å². The van der Waals surface area contributed by atoms with Crippen LogP contribution >= 0.6 is 22.9 Å². The predicted molar refractivity (Wildman–Crippen MR) is 92.8 cm³/mol. The average Bonchev–Trinajstić information content (AvgIpc) is 2.95. The molecule has 0 fully saturated rings. The zero-order valence-corrected chi connectivity index (χ0v) is 14.3. The molecule has 116 valence electrons. The maximum atomic E-state index is 12.3. The molecule has 1 aromatic carbocycles. The lowest BCUT2D eigenvalue weighted by molar-refractivity contribution is -0.117. The topological polar surface area (TPSA) is 32.3 Å². The van der Waals surface area contributed by atoms with Crippen molar-refractivity contribution in [1.82, 2.24) is 4.90 Å². The van der Waals surface area contributed by atoms with E-state index >= 15 is 0 Å². The molecule has 22 heavy (non-hydrogen) atoms. The van der Waals surface area contributed by atoms with Crippen molar-refractivity contribution in [3.63, 3.8) is 0 Å². The van der Waals surface area contributed by atoms with E-state index in [4.69, 9.17) is 11.6 Å². The second-order valence-electron chi connectivity index (χ2n) is 5.71. The minimum absolute atomic E-state index is 0.00505. The van der Waals surface area contributed by atoms with Crippen molar-refractivity contribution in [1.29, 1.82) is 0 Å². The Bertz CT molecular complexity index is 698. The smallest absolute Gasteiger partial charge is 0.238 e. The first-order chi connectivity index (χ1) is 10.5. The summed E-state index contributed by atoms with van der Waals surface area (Å²) in [5.74, 6) is 0.00505. The summed E-state index contributed by atoms with van der Waals surface area (Å²) in [6.07, 6.45) is 1.03. The molecule has 1 N–H and O–H groups in total. The normalized spacial score (nSPS) is 18.0. The maximum Gasteiger partial charge on any atom is 0.238 e. The van der Waals surface area contributed by atoms with Crippen molar-refractivity contribution < 1.29 is 4.79 Å². The molecule has 0 saturated carbocycles. The molecule has 1 amide bonds. The molecule has 5 heteroatoms. The number of halogens is 1. The Hall–Kier alpha value is -1.36. The van der Waals surface area contributed by atoms with Crippen LogP contribution in [0.2, 0.25) is 5.02 Å². The summed E-state index contributed by atoms with van der Waals surface area (Å²) >= 11 is 7.91. The number of hydrogen-bond donors (Lipinski definition) is 1. The fourth-order valence-corrected chi connectivity index (χ4v) is 3.98. The zero-order valence-electron chi connectivity index (χ0n) is 12.7. The molecule has 0 radical (unpaired) electrons. The third-order valence-corrected chi connectivity index (χ3v) is 5.61. The Balaban J connectivity index is 1.64. The third kappa shape index (κ3) is 3.19. The minimum atomic E-state index is 0.00505. The van der Waals surface area contributed by atoms with Gasteiger partial charge in [0.05, 0.1) is 6.54 Å². The number of carbonyl (C=O) groups is 1. The molecular weight excluding hydrogens is 316 g/mol. The molecule has 0 aliphatic carbocycles. The third-order valence-electron chi connectivity index (χ3n) is 4.21. The van der Waals surface area contributed by atoms with Gasteiger partial charge in [0.1, 0.15) is 0 Å². The first-order valence-corrected chi connectivity index (χ1v) is 8.66. The molecule has 1 aliphatic rings.